The number of Topliss-reactive ketones (excluding diaryl/α,β-unsaturated/α-hetero) is 1. The number of carbonyl (C=O) groups excluding carboxylic acids is 2. The van der Waals surface area contributed by atoms with E-state index in [0.29, 0.717) is 37.7 Å². The Bertz CT molecular complexity index is 1030. The zero-order chi connectivity index (χ0) is 22.9. The number of benzene rings is 2. The van der Waals surface area contributed by atoms with Crippen LogP contribution in [0.1, 0.15) is 59.8 Å². The highest BCUT2D eigenvalue weighted by molar-refractivity contribution is 5.98. The molecule has 1 aliphatic rings. The summed E-state index contributed by atoms with van der Waals surface area (Å²) in [5.41, 5.74) is 2.06. The van der Waals surface area contributed by atoms with Gasteiger partial charge in [-0.3, -0.25) is 9.59 Å². The van der Waals surface area contributed by atoms with Gasteiger partial charge >= 0.3 is 0 Å². The van der Waals surface area contributed by atoms with E-state index >= 15 is 0 Å². The predicted molar refractivity (Wildman–Crippen MR) is 126 cm³/mol. The number of aryl methyl sites for hydroxylation is 3. The molecule has 0 spiro atoms. The topological polar surface area (TPSA) is 76.3 Å². The number of piperidine rings is 1. The van der Waals surface area contributed by atoms with Gasteiger partial charge in [-0.2, -0.15) is 0 Å². The minimum atomic E-state index is -0.129. The van der Waals surface area contributed by atoms with Gasteiger partial charge in [-0.25, -0.2) is 0 Å². The maximum absolute atomic E-state index is 12.8. The molecular formula is C27H31N3O3. The van der Waals surface area contributed by atoms with E-state index in [-0.39, 0.29) is 17.6 Å². The Hall–Kier alpha value is -3.28. The third-order valence-corrected chi connectivity index (χ3v) is 6.21. The third-order valence-electron chi connectivity index (χ3n) is 6.21. The maximum Gasteiger partial charge on any atom is 0.223 e. The first-order chi connectivity index (χ1) is 16.2. The van der Waals surface area contributed by atoms with E-state index in [0.717, 1.165) is 44.1 Å². The normalized spacial score (nSPS) is 16.0. The number of nitrogens with zero attached hydrogens (tertiary/aromatic N) is 3. The smallest absolute Gasteiger partial charge is 0.223 e. The van der Waals surface area contributed by atoms with Crippen molar-refractivity contribution in [1.82, 2.24) is 15.1 Å². The van der Waals surface area contributed by atoms with E-state index < -0.39 is 0 Å². The summed E-state index contributed by atoms with van der Waals surface area (Å²) in [6, 6.07) is 19.8. The second-order valence-electron chi connectivity index (χ2n) is 8.69. The highest BCUT2D eigenvalue weighted by Crippen LogP contribution is 2.22. The lowest BCUT2D eigenvalue weighted by atomic mass is 9.90. The van der Waals surface area contributed by atoms with Gasteiger partial charge in [-0.1, -0.05) is 60.7 Å². The molecule has 172 valence electrons. The van der Waals surface area contributed by atoms with E-state index in [9.17, 15) is 9.59 Å². The molecular weight excluding hydrogens is 414 g/mol. The van der Waals surface area contributed by atoms with Crippen molar-refractivity contribution in [1.29, 1.82) is 0 Å². The lowest BCUT2D eigenvalue weighted by molar-refractivity contribution is -0.132. The summed E-state index contributed by atoms with van der Waals surface area (Å²) in [6.07, 6.45) is 6.28. The van der Waals surface area contributed by atoms with Crippen LogP contribution in [0.3, 0.4) is 0 Å². The molecule has 6 nitrogen and oxygen atoms in total. The minimum Gasteiger partial charge on any atom is -0.425 e. The minimum absolute atomic E-state index is 0.0446. The first-order valence-electron chi connectivity index (χ1n) is 11.9. The SMILES string of the molecule is O=C(c1ccccc1)[C@H]1CCCN(C(=O)CCc2nnc(CCCCc3ccccc3)o2)C1. The molecule has 2 heterocycles. The van der Waals surface area contributed by atoms with Gasteiger partial charge in [-0.15, -0.1) is 10.2 Å². The Kier molecular flexibility index (Phi) is 8.01. The average Bonchev–Trinajstić information content (AvgIpc) is 3.33. The van der Waals surface area contributed by atoms with Gasteiger partial charge in [0, 0.05) is 43.8 Å². The Morgan fingerprint density at radius 2 is 1.55 bits per heavy atom. The van der Waals surface area contributed by atoms with Crippen molar-refractivity contribution in [2.45, 2.75) is 51.4 Å². The molecule has 1 saturated heterocycles. The third kappa shape index (κ3) is 6.60. The van der Waals surface area contributed by atoms with Gasteiger partial charge in [-0.05, 0) is 37.7 Å². The molecule has 0 radical (unpaired) electrons. The van der Waals surface area contributed by atoms with E-state index in [1.54, 1.807) is 0 Å². The number of likely N-dealkylation sites (tertiary alicyclic amines) is 1. The van der Waals surface area contributed by atoms with Crippen molar-refractivity contribution in [2.75, 3.05) is 13.1 Å². The van der Waals surface area contributed by atoms with Gasteiger partial charge in [0.25, 0.3) is 0 Å². The second kappa shape index (κ2) is 11.5. The monoisotopic (exact) mass is 445 g/mol. The first-order valence-corrected chi connectivity index (χ1v) is 11.9. The van der Waals surface area contributed by atoms with Crippen molar-refractivity contribution >= 4 is 11.7 Å². The molecule has 0 unspecified atom stereocenters. The molecule has 4 rings (SSSR count). The van der Waals surface area contributed by atoms with Crippen molar-refractivity contribution in [2.24, 2.45) is 5.92 Å². The number of aromatic nitrogens is 2. The Morgan fingerprint density at radius 1 is 0.879 bits per heavy atom. The fourth-order valence-corrected chi connectivity index (χ4v) is 4.37. The highest BCUT2D eigenvalue weighted by atomic mass is 16.4. The van der Waals surface area contributed by atoms with Crippen LogP contribution in [-0.2, 0) is 24.1 Å². The lowest BCUT2D eigenvalue weighted by Gasteiger charge is -2.32. The van der Waals surface area contributed by atoms with Crippen LogP contribution in [0, 0.1) is 5.92 Å². The van der Waals surface area contributed by atoms with Crippen LogP contribution in [0.4, 0.5) is 0 Å². The van der Waals surface area contributed by atoms with Crippen molar-refractivity contribution in [3.63, 3.8) is 0 Å². The average molecular weight is 446 g/mol. The summed E-state index contributed by atoms with van der Waals surface area (Å²) in [5.74, 6) is 1.19. The molecule has 1 fully saturated rings. The van der Waals surface area contributed by atoms with Crippen LogP contribution in [0.2, 0.25) is 0 Å². The molecule has 6 heteroatoms. The van der Waals surface area contributed by atoms with Gasteiger partial charge in [0.15, 0.2) is 5.78 Å². The van der Waals surface area contributed by atoms with E-state index in [1.165, 1.54) is 5.56 Å². The fourth-order valence-electron chi connectivity index (χ4n) is 4.37. The highest BCUT2D eigenvalue weighted by Gasteiger charge is 2.29. The lowest BCUT2D eigenvalue weighted by Crippen LogP contribution is -2.42. The van der Waals surface area contributed by atoms with Crippen LogP contribution in [0.15, 0.2) is 65.1 Å². The molecule has 0 bridgehead atoms. The first kappa shape index (κ1) is 22.9. The molecule has 33 heavy (non-hydrogen) atoms. The number of hydrogen-bond donors (Lipinski definition) is 0. The predicted octanol–water partition coefficient (Wildman–Crippen LogP) is 4.69. The van der Waals surface area contributed by atoms with Crippen LogP contribution < -0.4 is 0 Å². The van der Waals surface area contributed by atoms with Gasteiger partial charge in [0.2, 0.25) is 17.7 Å². The number of ketones is 1. The molecule has 1 atom stereocenters. The molecule has 3 aromatic rings. The summed E-state index contributed by atoms with van der Waals surface area (Å²) >= 11 is 0. The maximum atomic E-state index is 12.8. The molecule has 0 saturated carbocycles. The molecule has 2 aromatic carbocycles. The summed E-state index contributed by atoms with van der Waals surface area (Å²) in [7, 11) is 0. The van der Waals surface area contributed by atoms with Crippen LogP contribution in [0.5, 0.6) is 0 Å². The van der Waals surface area contributed by atoms with Gasteiger partial charge < -0.3 is 9.32 Å². The van der Waals surface area contributed by atoms with Crippen LogP contribution in [-0.4, -0.2) is 39.9 Å². The van der Waals surface area contributed by atoms with Crippen molar-refractivity contribution < 1.29 is 14.0 Å². The fraction of sp³-hybridized carbons (Fsp3) is 0.407. The van der Waals surface area contributed by atoms with E-state index in [4.69, 9.17) is 4.42 Å². The van der Waals surface area contributed by atoms with Gasteiger partial charge in [0.1, 0.15) is 0 Å². The zero-order valence-corrected chi connectivity index (χ0v) is 19.0. The second-order valence-corrected chi connectivity index (χ2v) is 8.69. The molecule has 1 aliphatic heterocycles. The van der Waals surface area contributed by atoms with Crippen molar-refractivity contribution in [3.05, 3.63) is 83.6 Å². The molecule has 1 aromatic heterocycles. The standard InChI is InChI=1S/C27H31N3O3/c31-26(30-19-9-15-23(20-30)27(32)22-13-5-2-6-14-22)18-17-25-29-28-24(33-25)16-8-7-12-21-10-3-1-4-11-21/h1-6,10-11,13-14,23H,7-9,12,15-20H2/t23-/m0/s1. The summed E-state index contributed by atoms with van der Waals surface area (Å²) in [5, 5.41) is 8.25. The number of amides is 1. The number of hydrogen-bond acceptors (Lipinski definition) is 5. The molecule has 0 aliphatic carbocycles. The van der Waals surface area contributed by atoms with Gasteiger partial charge in [0.05, 0.1) is 0 Å². The zero-order valence-electron chi connectivity index (χ0n) is 19.0. The number of unbranched alkanes of at least 4 members (excludes halogenated alkanes) is 1. The summed E-state index contributed by atoms with van der Waals surface area (Å²) in [4.78, 5) is 27.3. The Morgan fingerprint density at radius 3 is 2.30 bits per heavy atom. The number of rotatable bonds is 10. The molecule has 0 N–H and O–H groups in total. The van der Waals surface area contributed by atoms with E-state index in [1.807, 2.05) is 41.3 Å². The number of carbonyl (C=O) groups is 2. The van der Waals surface area contributed by atoms with Crippen molar-refractivity contribution in [3.8, 4) is 0 Å². The summed E-state index contributed by atoms with van der Waals surface area (Å²) < 4.78 is 5.74. The Balaban J connectivity index is 1.19. The van der Waals surface area contributed by atoms with Crippen LogP contribution in [0.25, 0.3) is 0 Å². The van der Waals surface area contributed by atoms with Crippen LogP contribution >= 0.6 is 0 Å². The quantitative estimate of drug-likeness (QED) is 0.334. The molecule has 1 amide bonds. The van der Waals surface area contributed by atoms with E-state index in [2.05, 4.69) is 34.5 Å². The Labute approximate surface area is 195 Å². The summed E-state index contributed by atoms with van der Waals surface area (Å²) in [6.45, 7) is 1.19. The largest absolute Gasteiger partial charge is 0.425 e.